The number of halogens is 4. The molecule has 216 valence electrons. The van der Waals surface area contributed by atoms with Crippen LogP contribution >= 0.6 is 11.6 Å². The molecule has 0 bridgehead atoms. The summed E-state index contributed by atoms with van der Waals surface area (Å²) in [4.78, 5) is 35.9. The highest BCUT2D eigenvalue weighted by Crippen LogP contribution is 2.35. The van der Waals surface area contributed by atoms with Crippen LogP contribution in [0.5, 0.6) is 0 Å². The molecule has 0 unspecified atom stereocenters. The van der Waals surface area contributed by atoms with Crippen molar-refractivity contribution < 1.29 is 27.5 Å². The van der Waals surface area contributed by atoms with Gasteiger partial charge in [-0.3, -0.25) is 19.7 Å². The topological polar surface area (TPSA) is 190 Å². The van der Waals surface area contributed by atoms with Crippen LogP contribution in [0.4, 0.5) is 24.5 Å². The average Bonchev–Trinajstić information content (AvgIpc) is 3.57. The Morgan fingerprint density at radius 3 is 2.56 bits per heavy atom. The van der Waals surface area contributed by atoms with Gasteiger partial charge in [0.05, 0.1) is 47.1 Å². The maximum absolute atomic E-state index is 13.7. The third kappa shape index (κ3) is 7.39. The van der Waals surface area contributed by atoms with Crippen LogP contribution < -0.4 is 22.1 Å². The van der Waals surface area contributed by atoms with Crippen LogP contribution in [0, 0.1) is 0 Å². The SMILES string of the molecule is NCCOCCNC(=O)c1ccc(NC(=O)c2ncc(Cc3c(C(F)(F)F)n[nH]c3-c3ccc(N)cn3)[nH]2)cc1Cl. The normalized spacial score (nSPS) is 11.4. The molecular formula is C25H25ClF3N9O3. The summed E-state index contributed by atoms with van der Waals surface area (Å²) in [6.45, 7) is 1.30. The number of nitrogens with two attached hydrogens (primary N) is 2. The highest BCUT2D eigenvalue weighted by Gasteiger charge is 2.38. The average molecular weight is 592 g/mol. The first-order chi connectivity index (χ1) is 19.6. The van der Waals surface area contributed by atoms with Gasteiger partial charge in [0.1, 0.15) is 0 Å². The summed E-state index contributed by atoms with van der Waals surface area (Å²) in [5.74, 6) is -1.25. The summed E-state index contributed by atoms with van der Waals surface area (Å²) < 4.78 is 46.2. The highest BCUT2D eigenvalue weighted by molar-refractivity contribution is 6.34. The van der Waals surface area contributed by atoms with Gasteiger partial charge in [0.2, 0.25) is 0 Å². The van der Waals surface area contributed by atoms with E-state index in [4.69, 9.17) is 27.8 Å². The Morgan fingerprint density at radius 2 is 1.88 bits per heavy atom. The van der Waals surface area contributed by atoms with Crippen molar-refractivity contribution in [3.8, 4) is 11.4 Å². The van der Waals surface area contributed by atoms with Crippen LogP contribution in [0.1, 0.15) is 37.9 Å². The fourth-order valence-corrected chi connectivity index (χ4v) is 4.04. The number of nitrogen functional groups attached to an aromatic ring is 1. The van der Waals surface area contributed by atoms with Gasteiger partial charge in [-0.2, -0.15) is 18.3 Å². The molecule has 0 aliphatic rings. The lowest BCUT2D eigenvalue weighted by Gasteiger charge is -2.09. The number of benzene rings is 1. The van der Waals surface area contributed by atoms with Gasteiger partial charge in [0.15, 0.2) is 11.5 Å². The van der Waals surface area contributed by atoms with E-state index in [1.807, 2.05) is 0 Å². The van der Waals surface area contributed by atoms with E-state index in [0.29, 0.717) is 18.8 Å². The van der Waals surface area contributed by atoms with Gasteiger partial charge >= 0.3 is 6.18 Å². The number of amides is 2. The van der Waals surface area contributed by atoms with Crippen molar-refractivity contribution in [1.82, 2.24) is 30.5 Å². The minimum Gasteiger partial charge on any atom is -0.397 e. The predicted molar refractivity (Wildman–Crippen MR) is 144 cm³/mol. The van der Waals surface area contributed by atoms with E-state index in [9.17, 15) is 22.8 Å². The van der Waals surface area contributed by atoms with Crippen molar-refractivity contribution in [1.29, 1.82) is 0 Å². The van der Waals surface area contributed by atoms with Gasteiger partial charge in [-0.25, -0.2) is 4.98 Å². The Balaban J connectivity index is 1.45. The van der Waals surface area contributed by atoms with Crippen LogP contribution in [0.15, 0.2) is 42.7 Å². The number of nitrogens with one attached hydrogen (secondary N) is 4. The molecule has 1 aromatic carbocycles. The van der Waals surface area contributed by atoms with Crippen molar-refractivity contribution in [2.24, 2.45) is 5.73 Å². The third-order valence-corrected chi connectivity index (χ3v) is 5.97. The number of imidazole rings is 1. The molecule has 4 rings (SSSR count). The van der Waals surface area contributed by atoms with Gasteiger partial charge in [-0.15, -0.1) is 0 Å². The first-order valence-electron chi connectivity index (χ1n) is 12.1. The number of alkyl halides is 3. The lowest BCUT2D eigenvalue weighted by Crippen LogP contribution is -2.28. The lowest BCUT2D eigenvalue weighted by molar-refractivity contribution is -0.141. The molecule has 16 heteroatoms. The number of aromatic nitrogens is 5. The molecule has 41 heavy (non-hydrogen) atoms. The Labute approximate surface area is 236 Å². The second-order valence-corrected chi connectivity index (χ2v) is 9.05. The zero-order valence-electron chi connectivity index (χ0n) is 21.3. The van der Waals surface area contributed by atoms with E-state index in [1.54, 1.807) is 0 Å². The van der Waals surface area contributed by atoms with Gasteiger partial charge in [-0.1, -0.05) is 11.6 Å². The Kier molecular flexibility index (Phi) is 9.21. The fourth-order valence-electron chi connectivity index (χ4n) is 3.78. The maximum Gasteiger partial charge on any atom is 0.435 e. The molecule has 0 saturated carbocycles. The second kappa shape index (κ2) is 12.8. The molecule has 0 fully saturated rings. The molecule has 0 aliphatic carbocycles. The molecule has 0 atom stereocenters. The van der Waals surface area contributed by atoms with E-state index in [2.05, 4.69) is 35.8 Å². The molecular weight excluding hydrogens is 567 g/mol. The monoisotopic (exact) mass is 591 g/mol. The summed E-state index contributed by atoms with van der Waals surface area (Å²) in [5, 5.41) is 11.2. The number of anilines is 2. The summed E-state index contributed by atoms with van der Waals surface area (Å²) in [6, 6.07) is 7.27. The van der Waals surface area contributed by atoms with Crippen molar-refractivity contribution in [2.45, 2.75) is 12.6 Å². The minimum atomic E-state index is -4.74. The summed E-state index contributed by atoms with van der Waals surface area (Å²) in [5.41, 5.74) is 11.0. The molecule has 0 aliphatic heterocycles. The summed E-state index contributed by atoms with van der Waals surface area (Å²) in [7, 11) is 0. The minimum absolute atomic E-state index is 0.0554. The number of pyridine rings is 1. The van der Waals surface area contributed by atoms with Crippen molar-refractivity contribution in [3.05, 3.63) is 76.1 Å². The summed E-state index contributed by atoms with van der Waals surface area (Å²) in [6.07, 6.45) is -2.45. The van der Waals surface area contributed by atoms with E-state index >= 15 is 0 Å². The Hall–Kier alpha value is -4.47. The number of hydrogen-bond acceptors (Lipinski definition) is 8. The van der Waals surface area contributed by atoms with Crippen LogP contribution in [0.2, 0.25) is 5.02 Å². The van der Waals surface area contributed by atoms with E-state index < -0.39 is 23.7 Å². The van der Waals surface area contributed by atoms with Crippen LogP contribution in [-0.2, 0) is 17.3 Å². The van der Waals surface area contributed by atoms with Gasteiger partial charge < -0.3 is 31.8 Å². The number of nitrogens with zero attached hydrogens (tertiary/aromatic N) is 3. The standard InChI is InChI=1S/C25H25ClF3N9O3/c26-18-10-14(2-3-16(18)23(39)32-6-8-41-7-5-30)36-24(40)22-34-12-15(35-22)9-17-20(19-4-1-13(31)11-33-19)37-38-21(17)25(27,28)29/h1-4,10-12H,5-9,30-31H2,(H,32,39)(H,34,35)(H,36,40)(H,37,38). The number of H-pyrrole nitrogens is 2. The first kappa shape index (κ1) is 29.5. The predicted octanol–water partition coefficient (Wildman–Crippen LogP) is 3.00. The number of hydrogen-bond donors (Lipinski definition) is 6. The molecule has 2 amide bonds. The van der Waals surface area contributed by atoms with Crippen LogP contribution in [0.25, 0.3) is 11.4 Å². The number of ether oxygens (including phenoxy) is 1. The maximum atomic E-state index is 13.7. The Morgan fingerprint density at radius 1 is 1.07 bits per heavy atom. The van der Waals surface area contributed by atoms with E-state index in [1.165, 1.54) is 42.7 Å². The van der Waals surface area contributed by atoms with Crippen LogP contribution in [0.3, 0.4) is 0 Å². The summed E-state index contributed by atoms with van der Waals surface area (Å²) >= 11 is 6.23. The van der Waals surface area contributed by atoms with Gasteiger partial charge in [0.25, 0.3) is 11.8 Å². The largest absolute Gasteiger partial charge is 0.435 e. The lowest BCUT2D eigenvalue weighted by atomic mass is 10.0. The zero-order valence-corrected chi connectivity index (χ0v) is 22.1. The van der Waals surface area contributed by atoms with Crippen LogP contribution in [-0.4, -0.2) is 63.3 Å². The zero-order chi connectivity index (χ0) is 29.6. The van der Waals surface area contributed by atoms with Crippen molar-refractivity contribution in [2.75, 3.05) is 37.4 Å². The third-order valence-electron chi connectivity index (χ3n) is 5.65. The molecule has 12 nitrogen and oxygen atoms in total. The Bertz CT molecular complexity index is 1520. The number of carbonyl (C=O) groups excluding carboxylic acids is 2. The second-order valence-electron chi connectivity index (χ2n) is 8.64. The first-order valence-corrected chi connectivity index (χ1v) is 12.5. The van der Waals surface area contributed by atoms with Crippen molar-refractivity contribution in [3.63, 3.8) is 0 Å². The van der Waals surface area contributed by atoms with E-state index in [0.717, 1.165) is 0 Å². The molecule has 8 N–H and O–H groups in total. The number of carbonyl (C=O) groups is 2. The fraction of sp³-hybridized carbons (Fsp3) is 0.240. The van der Waals surface area contributed by atoms with E-state index in [-0.39, 0.29) is 64.3 Å². The smallest absolute Gasteiger partial charge is 0.397 e. The molecule has 4 aromatic rings. The molecule has 3 aromatic heterocycles. The van der Waals surface area contributed by atoms with Crippen molar-refractivity contribution >= 4 is 34.8 Å². The molecule has 0 spiro atoms. The quantitative estimate of drug-likeness (QED) is 0.143. The number of aromatic amines is 2. The highest BCUT2D eigenvalue weighted by atomic mass is 35.5. The molecule has 0 radical (unpaired) electrons. The van der Waals surface area contributed by atoms with Gasteiger partial charge in [-0.05, 0) is 30.3 Å². The molecule has 0 saturated heterocycles. The van der Waals surface area contributed by atoms with Gasteiger partial charge in [0, 0.05) is 42.7 Å². The number of rotatable bonds is 11. The molecule has 3 heterocycles.